The molecule has 6 heteroatoms. The Balaban J connectivity index is 0.00000326. The van der Waals surface area contributed by atoms with Crippen LogP contribution in [0.15, 0.2) is 24.3 Å². The number of hydrogen-bond acceptors (Lipinski definition) is 4. The van der Waals surface area contributed by atoms with E-state index in [9.17, 15) is 9.59 Å². The van der Waals surface area contributed by atoms with Gasteiger partial charge in [0.05, 0.1) is 6.61 Å². The minimum Gasteiger partial charge on any atom is -0.392 e. The quantitative estimate of drug-likeness (QED) is 0.581. The summed E-state index contributed by atoms with van der Waals surface area (Å²) in [5.74, 6) is -0.304. The molecular weight excluding hydrogens is 342 g/mol. The van der Waals surface area contributed by atoms with E-state index >= 15 is 0 Å². The first-order valence-electron chi connectivity index (χ1n) is 9.67. The lowest BCUT2D eigenvalue weighted by Crippen LogP contribution is -2.55. The van der Waals surface area contributed by atoms with Crippen LogP contribution in [0.1, 0.15) is 51.7 Å². The molecule has 0 aliphatic rings. The molecule has 2 amide bonds. The average Bonchev–Trinajstić information content (AvgIpc) is 2.63. The molecule has 154 valence electrons. The van der Waals surface area contributed by atoms with Crippen LogP contribution < -0.4 is 10.6 Å². The molecule has 6 nitrogen and oxygen atoms in total. The zero-order valence-electron chi connectivity index (χ0n) is 17.8. The SMILES string of the molecule is CC.CN(C)CCNC(=O)C(C)(C)NC(=O)CCCc1ccc(CO)cc1. The monoisotopic (exact) mass is 379 g/mol. The van der Waals surface area contributed by atoms with Crippen LogP contribution in [0, 0.1) is 0 Å². The summed E-state index contributed by atoms with van der Waals surface area (Å²) in [7, 11) is 3.88. The largest absolute Gasteiger partial charge is 0.392 e. The Morgan fingerprint density at radius 2 is 1.63 bits per heavy atom. The maximum atomic E-state index is 12.2. The predicted molar refractivity (Wildman–Crippen MR) is 110 cm³/mol. The molecule has 0 atom stereocenters. The van der Waals surface area contributed by atoms with Gasteiger partial charge >= 0.3 is 0 Å². The van der Waals surface area contributed by atoms with Crippen molar-refractivity contribution < 1.29 is 14.7 Å². The number of benzene rings is 1. The van der Waals surface area contributed by atoms with Gasteiger partial charge in [-0.3, -0.25) is 9.59 Å². The number of aryl methyl sites for hydroxylation is 1. The summed E-state index contributed by atoms with van der Waals surface area (Å²) in [6.07, 6.45) is 1.87. The molecule has 0 aliphatic heterocycles. The van der Waals surface area contributed by atoms with Crippen molar-refractivity contribution in [2.45, 2.75) is 59.1 Å². The van der Waals surface area contributed by atoms with Crippen molar-refractivity contribution in [1.29, 1.82) is 0 Å². The highest BCUT2D eigenvalue weighted by molar-refractivity contribution is 5.90. The van der Waals surface area contributed by atoms with Crippen molar-refractivity contribution in [2.24, 2.45) is 0 Å². The lowest BCUT2D eigenvalue weighted by Gasteiger charge is -2.25. The maximum Gasteiger partial charge on any atom is 0.245 e. The van der Waals surface area contributed by atoms with Crippen LogP contribution in [-0.4, -0.2) is 54.5 Å². The van der Waals surface area contributed by atoms with Gasteiger partial charge in [-0.1, -0.05) is 38.1 Å². The van der Waals surface area contributed by atoms with Gasteiger partial charge in [0.25, 0.3) is 0 Å². The molecule has 0 unspecified atom stereocenters. The van der Waals surface area contributed by atoms with Gasteiger partial charge in [0.1, 0.15) is 5.54 Å². The fraction of sp³-hybridized carbons (Fsp3) is 0.619. The summed E-state index contributed by atoms with van der Waals surface area (Å²) in [4.78, 5) is 26.3. The summed E-state index contributed by atoms with van der Waals surface area (Å²) < 4.78 is 0. The van der Waals surface area contributed by atoms with Gasteiger partial charge in [-0.25, -0.2) is 0 Å². The van der Waals surface area contributed by atoms with Crippen LogP contribution in [0.4, 0.5) is 0 Å². The van der Waals surface area contributed by atoms with Crippen molar-refractivity contribution >= 4 is 11.8 Å². The Morgan fingerprint density at radius 3 is 2.15 bits per heavy atom. The summed E-state index contributed by atoms with van der Waals surface area (Å²) in [5.41, 5.74) is 1.08. The van der Waals surface area contributed by atoms with Gasteiger partial charge in [-0.15, -0.1) is 0 Å². The molecule has 27 heavy (non-hydrogen) atoms. The molecule has 0 saturated heterocycles. The summed E-state index contributed by atoms with van der Waals surface area (Å²) >= 11 is 0. The number of nitrogens with zero attached hydrogens (tertiary/aromatic N) is 1. The van der Waals surface area contributed by atoms with Crippen LogP contribution in [0.3, 0.4) is 0 Å². The number of rotatable bonds is 10. The fourth-order valence-corrected chi connectivity index (χ4v) is 2.35. The zero-order chi connectivity index (χ0) is 20.9. The van der Waals surface area contributed by atoms with E-state index in [-0.39, 0.29) is 18.4 Å². The van der Waals surface area contributed by atoms with E-state index in [4.69, 9.17) is 5.11 Å². The zero-order valence-corrected chi connectivity index (χ0v) is 17.8. The minimum absolute atomic E-state index is 0.0361. The number of amides is 2. The molecule has 0 radical (unpaired) electrons. The van der Waals surface area contributed by atoms with E-state index in [1.165, 1.54) is 0 Å². The standard InChI is InChI=1S/C19H31N3O3.C2H6/c1-19(2,18(25)20-12-13-22(3)4)21-17(24)7-5-6-15-8-10-16(14-23)11-9-15;1-2/h8-11,23H,5-7,12-14H2,1-4H3,(H,20,25)(H,21,24);1-2H3. The third-order valence-corrected chi connectivity index (χ3v) is 3.94. The van der Waals surface area contributed by atoms with E-state index < -0.39 is 5.54 Å². The maximum absolute atomic E-state index is 12.2. The second kappa shape index (κ2) is 13.3. The molecule has 0 spiro atoms. The number of aliphatic hydroxyl groups is 1. The van der Waals surface area contributed by atoms with E-state index in [2.05, 4.69) is 10.6 Å². The molecule has 0 fully saturated rings. The smallest absolute Gasteiger partial charge is 0.245 e. The van der Waals surface area contributed by atoms with E-state index in [0.29, 0.717) is 19.4 Å². The van der Waals surface area contributed by atoms with Crippen molar-refractivity contribution in [3.8, 4) is 0 Å². The predicted octanol–water partition coefficient (Wildman–Crippen LogP) is 2.10. The van der Waals surface area contributed by atoms with Crippen LogP contribution >= 0.6 is 0 Å². The van der Waals surface area contributed by atoms with E-state index in [0.717, 1.165) is 24.1 Å². The number of aliphatic hydroxyl groups excluding tert-OH is 1. The van der Waals surface area contributed by atoms with Crippen LogP contribution in [-0.2, 0) is 22.6 Å². The topological polar surface area (TPSA) is 81.7 Å². The number of carbonyl (C=O) groups is 2. The van der Waals surface area contributed by atoms with Crippen LogP contribution in [0.2, 0.25) is 0 Å². The molecule has 1 rings (SSSR count). The highest BCUT2D eigenvalue weighted by Gasteiger charge is 2.28. The second-order valence-corrected chi connectivity index (χ2v) is 7.06. The lowest BCUT2D eigenvalue weighted by atomic mass is 10.0. The fourth-order valence-electron chi connectivity index (χ4n) is 2.35. The van der Waals surface area contributed by atoms with E-state index in [1.807, 2.05) is 57.1 Å². The number of likely N-dealkylation sites (N-methyl/N-ethyl adjacent to an activating group) is 1. The highest BCUT2D eigenvalue weighted by Crippen LogP contribution is 2.09. The van der Waals surface area contributed by atoms with Gasteiger partial charge < -0.3 is 20.6 Å². The minimum atomic E-state index is -0.924. The van der Waals surface area contributed by atoms with E-state index in [1.54, 1.807) is 13.8 Å². The van der Waals surface area contributed by atoms with Gasteiger partial charge in [0.15, 0.2) is 0 Å². The third-order valence-electron chi connectivity index (χ3n) is 3.94. The van der Waals surface area contributed by atoms with Crippen molar-refractivity contribution in [3.63, 3.8) is 0 Å². The molecule has 1 aromatic carbocycles. The number of carbonyl (C=O) groups excluding carboxylic acids is 2. The number of nitrogens with one attached hydrogen (secondary N) is 2. The molecule has 0 aliphatic carbocycles. The first kappa shape index (κ1) is 25.1. The molecule has 0 bridgehead atoms. The van der Waals surface area contributed by atoms with Crippen LogP contribution in [0.5, 0.6) is 0 Å². The average molecular weight is 380 g/mol. The van der Waals surface area contributed by atoms with Gasteiger partial charge in [0, 0.05) is 19.5 Å². The Hall–Kier alpha value is -1.92. The van der Waals surface area contributed by atoms with Gasteiger partial charge in [-0.05, 0) is 51.9 Å². The van der Waals surface area contributed by atoms with Crippen molar-refractivity contribution in [3.05, 3.63) is 35.4 Å². The van der Waals surface area contributed by atoms with Crippen molar-refractivity contribution in [2.75, 3.05) is 27.2 Å². The summed E-state index contributed by atoms with van der Waals surface area (Å²) in [5, 5.41) is 14.7. The Bertz CT molecular complexity index is 554. The Labute approximate surface area is 164 Å². The Kier molecular flexibility index (Phi) is 12.3. The first-order chi connectivity index (χ1) is 12.7. The molecule has 3 N–H and O–H groups in total. The summed E-state index contributed by atoms with van der Waals surface area (Å²) in [6.45, 7) is 8.77. The first-order valence-corrected chi connectivity index (χ1v) is 9.67. The van der Waals surface area contributed by atoms with Gasteiger partial charge in [0.2, 0.25) is 11.8 Å². The molecule has 0 aromatic heterocycles. The van der Waals surface area contributed by atoms with Crippen molar-refractivity contribution in [1.82, 2.24) is 15.5 Å². The normalized spacial score (nSPS) is 10.8. The third kappa shape index (κ3) is 10.7. The second-order valence-electron chi connectivity index (χ2n) is 7.06. The van der Waals surface area contributed by atoms with Crippen LogP contribution in [0.25, 0.3) is 0 Å². The molecule has 0 saturated carbocycles. The molecular formula is C21H37N3O3. The lowest BCUT2D eigenvalue weighted by molar-refractivity contribution is -0.132. The molecule has 1 aromatic rings. The number of hydrogen-bond donors (Lipinski definition) is 3. The Morgan fingerprint density at radius 1 is 1.07 bits per heavy atom. The molecule has 0 heterocycles. The highest BCUT2D eigenvalue weighted by atomic mass is 16.3. The summed E-state index contributed by atoms with van der Waals surface area (Å²) in [6, 6.07) is 7.70. The van der Waals surface area contributed by atoms with Gasteiger partial charge in [-0.2, -0.15) is 0 Å².